The Balaban J connectivity index is 1.91. The van der Waals surface area contributed by atoms with Gasteiger partial charge < -0.3 is 10.3 Å². The van der Waals surface area contributed by atoms with Crippen LogP contribution < -0.4 is 16.6 Å². The molecule has 2 aromatic rings. The molecule has 0 aromatic carbocycles. The van der Waals surface area contributed by atoms with Gasteiger partial charge in [0.25, 0.3) is 5.91 Å². The molecule has 0 fully saturated rings. The van der Waals surface area contributed by atoms with E-state index in [9.17, 15) is 14.4 Å². The minimum atomic E-state index is -0.398. The number of hydrazine groups is 1. The molecule has 0 saturated heterocycles. The van der Waals surface area contributed by atoms with Crippen molar-refractivity contribution in [2.45, 2.75) is 58.7 Å². The Labute approximate surface area is 184 Å². The predicted octanol–water partition coefficient (Wildman–Crippen LogP) is 1.84. The normalized spacial score (nSPS) is 11.0. The molecular weight excluding hydrogens is 424 g/mol. The Kier molecular flexibility index (Phi) is 8.85. The molecule has 11 heteroatoms. The lowest BCUT2D eigenvalue weighted by Gasteiger charge is -2.12. The second-order valence-electron chi connectivity index (χ2n) is 7.21. The van der Waals surface area contributed by atoms with Crippen LogP contribution in [0.1, 0.15) is 53.1 Å². The summed E-state index contributed by atoms with van der Waals surface area (Å²) in [5.74, 6) is -0.0179. The van der Waals surface area contributed by atoms with Crippen molar-refractivity contribution < 1.29 is 14.4 Å². The van der Waals surface area contributed by atoms with E-state index >= 15 is 0 Å². The van der Waals surface area contributed by atoms with Gasteiger partial charge in [-0.25, -0.2) is 0 Å². The second kappa shape index (κ2) is 11.1. The number of nitrogens with two attached hydrogens (primary N) is 1. The van der Waals surface area contributed by atoms with Gasteiger partial charge in [0.2, 0.25) is 11.8 Å². The van der Waals surface area contributed by atoms with Crippen LogP contribution in [0.25, 0.3) is 0 Å². The average Bonchev–Trinajstić information content (AvgIpc) is 3.25. The molecule has 0 aliphatic heterocycles. The molecular formula is C19H28N6O3S2. The highest BCUT2D eigenvalue weighted by Crippen LogP contribution is 2.22. The van der Waals surface area contributed by atoms with Gasteiger partial charge in [0.15, 0.2) is 5.16 Å². The van der Waals surface area contributed by atoms with Crippen LogP contribution in [-0.4, -0.2) is 38.2 Å². The quantitative estimate of drug-likeness (QED) is 0.372. The van der Waals surface area contributed by atoms with Crippen molar-refractivity contribution in [2.24, 2.45) is 11.7 Å². The topological polar surface area (TPSA) is 132 Å². The average molecular weight is 453 g/mol. The van der Waals surface area contributed by atoms with E-state index in [2.05, 4.69) is 34.9 Å². The largest absolute Gasteiger partial charge is 0.370 e. The first kappa shape index (κ1) is 23.9. The van der Waals surface area contributed by atoms with Gasteiger partial charge in [-0.3, -0.25) is 25.2 Å². The molecule has 0 bridgehead atoms. The third-order valence-corrected chi connectivity index (χ3v) is 6.27. The van der Waals surface area contributed by atoms with Crippen LogP contribution in [-0.2, 0) is 29.0 Å². The summed E-state index contributed by atoms with van der Waals surface area (Å²) in [5.41, 5.74) is 11.2. The molecule has 0 unspecified atom stereocenters. The molecule has 164 valence electrons. The van der Waals surface area contributed by atoms with Crippen molar-refractivity contribution in [3.63, 3.8) is 0 Å². The Morgan fingerprint density at radius 2 is 2.00 bits per heavy atom. The molecule has 4 N–H and O–H groups in total. The van der Waals surface area contributed by atoms with E-state index in [1.807, 2.05) is 24.5 Å². The molecule has 0 aliphatic carbocycles. The van der Waals surface area contributed by atoms with Crippen LogP contribution in [0.4, 0.5) is 0 Å². The minimum absolute atomic E-state index is 0.0655. The van der Waals surface area contributed by atoms with Gasteiger partial charge in [0.1, 0.15) is 5.82 Å². The van der Waals surface area contributed by atoms with Crippen molar-refractivity contribution in [2.75, 3.05) is 5.75 Å². The predicted molar refractivity (Wildman–Crippen MR) is 117 cm³/mol. The lowest BCUT2D eigenvalue weighted by molar-refractivity contribution is -0.119. The summed E-state index contributed by atoms with van der Waals surface area (Å²) in [6.07, 6.45) is 1.45. The van der Waals surface area contributed by atoms with E-state index in [1.165, 1.54) is 23.1 Å². The summed E-state index contributed by atoms with van der Waals surface area (Å²) >= 11 is 2.63. The van der Waals surface area contributed by atoms with E-state index in [0.717, 1.165) is 16.9 Å². The molecule has 9 nitrogen and oxygen atoms in total. The molecule has 2 heterocycles. The molecule has 0 atom stereocenters. The maximum Gasteiger partial charge on any atom is 0.279 e. The van der Waals surface area contributed by atoms with Gasteiger partial charge in [-0.1, -0.05) is 32.5 Å². The number of nitrogens with one attached hydrogen (secondary N) is 2. The number of rotatable bonds is 10. The minimum Gasteiger partial charge on any atom is -0.370 e. The molecule has 0 radical (unpaired) electrons. The number of thiophene rings is 1. The number of amides is 3. The standard InChI is InChI=1S/C19H28N6O3S2/c1-5-13-8-14(30-12(13)4)18(28)23-22-17(27)10-29-19-24-21-16(7-6-15(20)26)25(19)9-11(2)3/h8,11H,5-7,9-10H2,1-4H3,(H2,20,26)(H,22,27)(H,23,28). The lowest BCUT2D eigenvalue weighted by atomic mass is 10.2. The molecule has 30 heavy (non-hydrogen) atoms. The number of primary amides is 1. The van der Waals surface area contributed by atoms with E-state index in [0.29, 0.717) is 34.7 Å². The van der Waals surface area contributed by atoms with Crippen LogP contribution in [0.15, 0.2) is 11.2 Å². The number of aryl methyl sites for hydroxylation is 3. The van der Waals surface area contributed by atoms with Crippen LogP contribution in [0.5, 0.6) is 0 Å². The van der Waals surface area contributed by atoms with Crippen LogP contribution in [0, 0.1) is 12.8 Å². The smallest absolute Gasteiger partial charge is 0.279 e. The number of carbonyl (C=O) groups is 3. The summed E-state index contributed by atoms with van der Waals surface area (Å²) in [7, 11) is 0. The molecule has 0 aliphatic rings. The summed E-state index contributed by atoms with van der Waals surface area (Å²) in [5, 5.41) is 8.87. The third kappa shape index (κ3) is 6.84. The molecule has 0 saturated carbocycles. The van der Waals surface area contributed by atoms with Crippen LogP contribution in [0.3, 0.4) is 0 Å². The van der Waals surface area contributed by atoms with Crippen LogP contribution in [0.2, 0.25) is 0 Å². The number of thioether (sulfide) groups is 1. The van der Waals surface area contributed by atoms with Crippen molar-refractivity contribution >= 4 is 40.8 Å². The van der Waals surface area contributed by atoms with Gasteiger partial charge in [0.05, 0.1) is 10.6 Å². The van der Waals surface area contributed by atoms with E-state index in [-0.39, 0.29) is 24.0 Å². The Morgan fingerprint density at radius 3 is 2.60 bits per heavy atom. The fraction of sp³-hybridized carbons (Fsp3) is 0.526. The second-order valence-corrected chi connectivity index (χ2v) is 9.40. The maximum atomic E-state index is 12.2. The van der Waals surface area contributed by atoms with Gasteiger partial charge in [-0.2, -0.15) is 0 Å². The molecule has 3 amide bonds. The number of nitrogens with zero attached hydrogens (tertiary/aromatic N) is 3. The number of hydrogen-bond acceptors (Lipinski definition) is 7. The van der Waals surface area contributed by atoms with E-state index in [4.69, 9.17) is 5.73 Å². The van der Waals surface area contributed by atoms with Gasteiger partial charge >= 0.3 is 0 Å². The fourth-order valence-electron chi connectivity index (χ4n) is 2.73. The van der Waals surface area contributed by atoms with Crippen molar-refractivity contribution in [1.29, 1.82) is 0 Å². The lowest BCUT2D eigenvalue weighted by Crippen LogP contribution is -2.42. The zero-order valence-corrected chi connectivity index (χ0v) is 19.3. The van der Waals surface area contributed by atoms with Crippen molar-refractivity contribution in [3.05, 3.63) is 27.2 Å². The highest BCUT2D eigenvalue weighted by atomic mass is 32.2. The number of aromatic nitrogens is 3. The summed E-state index contributed by atoms with van der Waals surface area (Å²) in [6.45, 7) is 8.79. The highest BCUT2D eigenvalue weighted by molar-refractivity contribution is 7.99. The Morgan fingerprint density at radius 1 is 1.27 bits per heavy atom. The SMILES string of the molecule is CCc1cc(C(=O)NNC(=O)CSc2nnc(CCC(N)=O)n2CC(C)C)sc1C. The molecule has 2 aromatic heterocycles. The van der Waals surface area contributed by atoms with Crippen molar-refractivity contribution in [3.8, 4) is 0 Å². The monoisotopic (exact) mass is 452 g/mol. The molecule has 2 rings (SSSR count). The number of carbonyl (C=O) groups excluding carboxylic acids is 3. The van der Waals surface area contributed by atoms with Gasteiger partial charge in [0, 0.05) is 24.3 Å². The Hall–Kier alpha value is -2.40. The first-order valence-electron chi connectivity index (χ1n) is 9.72. The van der Waals surface area contributed by atoms with Gasteiger partial charge in [-0.05, 0) is 30.9 Å². The van der Waals surface area contributed by atoms with Crippen LogP contribution >= 0.6 is 23.1 Å². The summed E-state index contributed by atoms with van der Waals surface area (Å²) in [4.78, 5) is 37.1. The first-order chi connectivity index (χ1) is 14.2. The maximum absolute atomic E-state index is 12.2. The fourth-order valence-corrected chi connectivity index (χ4v) is 4.51. The highest BCUT2D eigenvalue weighted by Gasteiger charge is 2.17. The zero-order valence-electron chi connectivity index (χ0n) is 17.7. The van der Waals surface area contributed by atoms with E-state index in [1.54, 1.807) is 0 Å². The van der Waals surface area contributed by atoms with Crippen molar-refractivity contribution in [1.82, 2.24) is 25.6 Å². The third-order valence-electron chi connectivity index (χ3n) is 4.21. The Bertz CT molecular complexity index is 906. The first-order valence-corrected chi connectivity index (χ1v) is 11.5. The number of hydrogen-bond donors (Lipinski definition) is 3. The zero-order chi connectivity index (χ0) is 22.3. The molecule has 0 spiro atoms. The summed E-state index contributed by atoms with van der Waals surface area (Å²) in [6, 6.07) is 1.85. The van der Waals surface area contributed by atoms with Gasteiger partial charge in [-0.15, -0.1) is 21.5 Å². The van der Waals surface area contributed by atoms with E-state index < -0.39 is 5.91 Å². The summed E-state index contributed by atoms with van der Waals surface area (Å²) < 4.78 is 1.91.